The van der Waals surface area contributed by atoms with E-state index in [1.54, 1.807) is 7.11 Å². The Kier molecular flexibility index (Phi) is 8.14. The number of thioether (sulfide) groups is 1. The van der Waals surface area contributed by atoms with E-state index >= 15 is 0 Å². The molecule has 0 heterocycles. The predicted octanol–water partition coefficient (Wildman–Crippen LogP) is 3.88. The van der Waals surface area contributed by atoms with Gasteiger partial charge in [0.25, 0.3) is 0 Å². The molecular weight excluding hydrogens is 242 g/mol. The Morgan fingerprint density at radius 3 is 2.83 bits per heavy atom. The van der Waals surface area contributed by atoms with Crippen molar-refractivity contribution >= 4 is 11.8 Å². The lowest BCUT2D eigenvalue weighted by atomic mass is 10.1. The number of rotatable bonds is 9. The van der Waals surface area contributed by atoms with E-state index in [4.69, 9.17) is 4.74 Å². The average molecular weight is 267 g/mol. The molecule has 1 aromatic carbocycles. The standard InChI is InChI=1S/C15H25NOS/c1-4-10-16-13(2)14-8-5-6-9-15(14)18-12-7-11-17-3/h5-6,8-9,13,16H,4,7,10-12H2,1-3H3. The van der Waals surface area contributed by atoms with Crippen molar-refractivity contribution in [2.24, 2.45) is 0 Å². The molecule has 18 heavy (non-hydrogen) atoms. The van der Waals surface area contributed by atoms with Crippen LogP contribution in [0.15, 0.2) is 29.2 Å². The van der Waals surface area contributed by atoms with Crippen molar-refractivity contribution in [3.8, 4) is 0 Å². The summed E-state index contributed by atoms with van der Waals surface area (Å²) < 4.78 is 5.08. The monoisotopic (exact) mass is 267 g/mol. The second-order valence-corrected chi connectivity index (χ2v) is 5.55. The van der Waals surface area contributed by atoms with Gasteiger partial charge >= 0.3 is 0 Å². The van der Waals surface area contributed by atoms with Crippen LogP contribution >= 0.6 is 11.8 Å². The first-order chi connectivity index (χ1) is 8.79. The molecule has 0 fully saturated rings. The lowest BCUT2D eigenvalue weighted by molar-refractivity contribution is 0.200. The van der Waals surface area contributed by atoms with Gasteiger partial charge in [0.2, 0.25) is 0 Å². The second kappa shape index (κ2) is 9.42. The number of methoxy groups -OCH3 is 1. The molecule has 3 heteroatoms. The van der Waals surface area contributed by atoms with Gasteiger partial charge in [0.05, 0.1) is 0 Å². The maximum atomic E-state index is 5.08. The fourth-order valence-corrected chi connectivity index (χ4v) is 2.89. The van der Waals surface area contributed by atoms with Crippen molar-refractivity contribution in [2.45, 2.75) is 37.6 Å². The zero-order valence-corrected chi connectivity index (χ0v) is 12.6. The van der Waals surface area contributed by atoms with Crippen LogP contribution in [-0.2, 0) is 4.74 Å². The number of nitrogens with one attached hydrogen (secondary N) is 1. The Morgan fingerprint density at radius 2 is 2.11 bits per heavy atom. The van der Waals surface area contributed by atoms with Crippen LogP contribution in [0.1, 0.15) is 38.3 Å². The Morgan fingerprint density at radius 1 is 1.33 bits per heavy atom. The molecule has 0 aliphatic carbocycles. The SMILES string of the molecule is CCCNC(C)c1ccccc1SCCCOC. The Bertz CT molecular complexity index is 330. The molecule has 0 amide bonds. The summed E-state index contributed by atoms with van der Waals surface area (Å²) in [6.45, 7) is 6.36. The normalized spacial score (nSPS) is 12.6. The highest BCUT2D eigenvalue weighted by atomic mass is 32.2. The summed E-state index contributed by atoms with van der Waals surface area (Å²) in [6, 6.07) is 9.12. The Labute approximate surface area is 116 Å². The fraction of sp³-hybridized carbons (Fsp3) is 0.600. The van der Waals surface area contributed by atoms with Gasteiger partial charge in [0.1, 0.15) is 0 Å². The summed E-state index contributed by atoms with van der Waals surface area (Å²) in [4.78, 5) is 1.39. The third kappa shape index (κ3) is 5.42. The molecule has 1 rings (SSSR count). The minimum atomic E-state index is 0.427. The summed E-state index contributed by atoms with van der Waals surface area (Å²) >= 11 is 1.93. The quantitative estimate of drug-likeness (QED) is 0.542. The molecule has 0 aromatic heterocycles. The molecule has 0 saturated heterocycles. The first kappa shape index (κ1) is 15.5. The fourth-order valence-electron chi connectivity index (χ4n) is 1.83. The number of benzene rings is 1. The van der Waals surface area contributed by atoms with E-state index in [-0.39, 0.29) is 0 Å². The summed E-state index contributed by atoms with van der Waals surface area (Å²) in [5.74, 6) is 1.12. The average Bonchev–Trinajstić information content (AvgIpc) is 2.41. The summed E-state index contributed by atoms with van der Waals surface area (Å²) in [5.41, 5.74) is 1.41. The summed E-state index contributed by atoms with van der Waals surface area (Å²) in [6.07, 6.45) is 2.28. The van der Waals surface area contributed by atoms with Gasteiger partial charge in [-0.3, -0.25) is 0 Å². The molecule has 0 spiro atoms. The lowest BCUT2D eigenvalue weighted by Gasteiger charge is -2.17. The van der Waals surface area contributed by atoms with Crippen molar-refractivity contribution in [3.05, 3.63) is 29.8 Å². The van der Waals surface area contributed by atoms with Crippen LogP contribution in [0.2, 0.25) is 0 Å². The topological polar surface area (TPSA) is 21.3 Å². The van der Waals surface area contributed by atoms with Gasteiger partial charge in [-0.1, -0.05) is 25.1 Å². The van der Waals surface area contributed by atoms with E-state index in [9.17, 15) is 0 Å². The van der Waals surface area contributed by atoms with Crippen LogP contribution in [0, 0.1) is 0 Å². The maximum absolute atomic E-state index is 5.08. The zero-order valence-electron chi connectivity index (χ0n) is 11.7. The highest BCUT2D eigenvalue weighted by Gasteiger charge is 2.09. The summed E-state index contributed by atoms with van der Waals surface area (Å²) in [5, 5.41) is 3.55. The zero-order chi connectivity index (χ0) is 13.2. The number of hydrogen-bond acceptors (Lipinski definition) is 3. The first-order valence-electron chi connectivity index (χ1n) is 6.73. The van der Waals surface area contributed by atoms with Crippen molar-refractivity contribution in [1.29, 1.82) is 0 Å². The minimum absolute atomic E-state index is 0.427. The molecule has 1 unspecified atom stereocenters. The molecule has 1 N–H and O–H groups in total. The van der Waals surface area contributed by atoms with E-state index in [0.717, 1.165) is 25.3 Å². The molecule has 2 nitrogen and oxygen atoms in total. The van der Waals surface area contributed by atoms with Crippen molar-refractivity contribution in [2.75, 3.05) is 26.0 Å². The van der Waals surface area contributed by atoms with Gasteiger partial charge < -0.3 is 10.1 Å². The Hall–Kier alpha value is -0.510. The van der Waals surface area contributed by atoms with Crippen LogP contribution in [0.25, 0.3) is 0 Å². The first-order valence-corrected chi connectivity index (χ1v) is 7.72. The third-order valence-corrected chi connectivity index (χ3v) is 4.01. The number of hydrogen-bond donors (Lipinski definition) is 1. The van der Waals surface area contributed by atoms with Crippen LogP contribution in [-0.4, -0.2) is 26.0 Å². The van der Waals surface area contributed by atoms with Crippen LogP contribution in [0.4, 0.5) is 0 Å². The molecule has 0 radical (unpaired) electrons. The molecular formula is C15H25NOS. The van der Waals surface area contributed by atoms with Gasteiger partial charge in [0.15, 0.2) is 0 Å². The van der Waals surface area contributed by atoms with Gasteiger partial charge in [-0.25, -0.2) is 0 Å². The van der Waals surface area contributed by atoms with E-state index < -0.39 is 0 Å². The summed E-state index contributed by atoms with van der Waals surface area (Å²) in [7, 11) is 1.76. The highest BCUT2D eigenvalue weighted by molar-refractivity contribution is 7.99. The van der Waals surface area contributed by atoms with E-state index in [0.29, 0.717) is 6.04 Å². The molecule has 0 aliphatic heterocycles. The van der Waals surface area contributed by atoms with E-state index in [1.807, 2.05) is 11.8 Å². The van der Waals surface area contributed by atoms with Crippen LogP contribution in [0.3, 0.4) is 0 Å². The van der Waals surface area contributed by atoms with Crippen molar-refractivity contribution in [1.82, 2.24) is 5.32 Å². The van der Waals surface area contributed by atoms with Crippen molar-refractivity contribution < 1.29 is 4.74 Å². The molecule has 0 aliphatic rings. The van der Waals surface area contributed by atoms with Gasteiger partial charge in [-0.15, -0.1) is 11.8 Å². The van der Waals surface area contributed by atoms with E-state index in [1.165, 1.54) is 16.9 Å². The smallest absolute Gasteiger partial charge is 0.0470 e. The van der Waals surface area contributed by atoms with Crippen LogP contribution < -0.4 is 5.32 Å². The van der Waals surface area contributed by atoms with E-state index in [2.05, 4.69) is 43.4 Å². The molecule has 0 bridgehead atoms. The molecule has 1 atom stereocenters. The molecule has 102 valence electrons. The number of ether oxygens (including phenoxy) is 1. The second-order valence-electron chi connectivity index (χ2n) is 4.41. The third-order valence-electron chi connectivity index (χ3n) is 2.84. The lowest BCUT2D eigenvalue weighted by Crippen LogP contribution is -2.19. The van der Waals surface area contributed by atoms with Crippen LogP contribution in [0.5, 0.6) is 0 Å². The van der Waals surface area contributed by atoms with Gasteiger partial charge in [-0.2, -0.15) is 0 Å². The van der Waals surface area contributed by atoms with Crippen molar-refractivity contribution in [3.63, 3.8) is 0 Å². The Balaban J connectivity index is 2.55. The molecule has 0 saturated carbocycles. The highest BCUT2D eigenvalue weighted by Crippen LogP contribution is 2.27. The maximum Gasteiger partial charge on any atom is 0.0470 e. The minimum Gasteiger partial charge on any atom is -0.385 e. The van der Waals surface area contributed by atoms with Gasteiger partial charge in [-0.05, 0) is 37.9 Å². The predicted molar refractivity (Wildman–Crippen MR) is 80.4 cm³/mol. The largest absolute Gasteiger partial charge is 0.385 e. The van der Waals surface area contributed by atoms with Gasteiger partial charge in [0, 0.05) is 30.4 Å². The molecule has 1 aromatic rings.